The highest BCUT2D eigenvalue weighted by atomic mass is 35.5. The molecule has 2 nitrogen and oxygen atoms in total. The first-order valence-electron chi connectivity index (χ1n) is 4.46. The minimum absolute atomic E-state index is 0.0441. The minimum atomic E-state index is -4.40. The van der Waals surface area contributed by atoms with Gasteiger partial charge < -0.3 is 9.84 Å². The third kappa shape index (κ3) is 3.90. The van der Waals surface area contributed by atoms with Gasteiger partial charge in [0.2, 0.25) is 0 Å². The first kappa shape index (κ1) is 13.1. The number of rotatable bonds is 3. The number of aliphatic hydroxyl groups is 1. The van der Waals surface area contributed by atoms with Crippen LogP contribution in [-0.4, -0.2) is 17.9 Å². The quantitative estimate of drug-likeness (QED) is 0.896. The smallest absolute Gasteiger partial charge is 0.422 e. The van der Waals surface area contributed by atoms with E-state index in [9.17, 15) is 18.3 Å². The van der Waals surface area contributed by atoms with E-state index < -0.39 is 18.9 Å². The van der Waals surface area contributed by atoms with Crippen molar-refractivity contribution in [1.29, 1.82) is 0 Å². The van der Waals surface area contributed by atoms with Gasteiger partial charge in [-0.15, -0.1) is 0 Å². The topological polar surface area (TPSA) is 29.5 Å². The summed E-state index contributed by atoms with van der Waals surface area (Å²) in [4.78, 5) is 0. The Balaban J connectivity index is 2.76. The maximum atomic E-state index is 11.9. The highest BCUT2D eigenvalue weighted by Gasteiger charge is 2.28. The molecule has 0 aliphatic heterocycles. The molecule has 0 radical (unpaired) electrons. The Bertz CT molecular complexity index is 364. The summed E-state index contributed by atoms with van der Waals surface area (Å²) in [5, 5.41) is 9.26. The minimum Gasteiger partial charge on any atom is -0.483 e. The number of ether oxygens (including phenoxy) is 1. The van der Waals surface area contributed by atoms with Crippen LogP contribution in [0.2, 0.25) is 5.02 Å². The molecule has 0 amide bonds. The second-order valence-corrected chi connectivity index (χ2v) is 3.68. The monoisotopic (exact) mass is 254 g/mol. The molecule has 1 aromatic carbocycles. The maximum Gasteiger partial charge on any atom is 0.422 e. The summed E-state index contributed by atoms with van der Waals surface area (Å²) >= 11 is 5.70. The molecule has 0 saturated heterocycles. The lowest BCUT2D eigenvalue weighted by Crippen LogP contribution is -2.19. The molecule has 1 N–H and O–H groups in total. The third-order valence-electron chi connectivity index (χ3n) is 1.83. The van der Waals surface area contributed by atoms with Crippen LogP contribution in [0.5, 0.6) is 5.75 Å². The zero-order valence-corrected chi connectivity index (χ0v) is 9.14. The molecule has 1 aromatic rings. The molecule has 0 aliphatic rings. The number of alkyl halides is 3. The van der Waals surface area contributed by atoms with Crippen molar-refractivity contribution in [2.45, 2.75) is 19.2 Å². The fraction of sp³-hybridized carbons (Fsp3) is 0.400. The van der Waals surface area contributed by atoms with E-state index in [-0.39, 0.29) is 10.8 Å². The van der Waals surface area contributed by atoms with Crippen LogP contribution in [0.1, 0.15) is 18.6 Å². The van der Waals surface area contributed by atoms with Crippen LogP contribution in [0.15, 0.2) is 18.2 Å². The number of hydrogen-bond acceptors (Lipinski definition) is 2. The molecule has 0 unspecified atom stereocenters. The summed E-state index contributed by atoms with van der Waals surface area (Å²) in [5.41, 5.74) is 0.518. The van der Waals surface area contributed by atoms with E-state index in [4.69, 9.17) is 11.6 Å². The highest BCUT2D eigenvalue weighted by Crippen LogP contribution is 2.29. The van der Waals surface area contributed by atoms with E-state index >= 15 is 0 Å². The Labute approximate surface area is 95.6 Å². The van der Waals surface area contributed by atoms with E-state index in [1.807, 2.05) is 0 Å². The van der Waals surface area contributed by atoms with Crippen molar-refractivity contribution in [3.63, 3.8) is 0 Å². The second kappa shape index (κ2) is 4.93. The Hall–Kier alpha value is -0.940. The van der Waals surface area contributed by atoms with E-state index in [2.05, 4.69) is 4.74 Å². The van der Waals surface area contributed by atoms with Crippen molar-refractivity contribution in [3.8, 4) is 5.75 Å². The van der Waals surface area contributed by atoms with E-state index in [1.54, 1.807) is 0 Å². The van der Waals surface area contributed by atoms with Gasteiger partial charge >= 0.3 is 6.18 Å². The van der Waals surface area contributed by atoms with E-state index in [1.165, 1.54) is 25.1 Å². The molecule has 0 aliphatic carbocycles. The zero-order chi connectivity index (χ0) is 12.3. The van der Waals surface area contributed by atoms with Gasteiger partial charge in [-0.3, -0.25) is 0 Å². The van der Waals surface area contributed by atoms with Gasteiger partial charge in [-0.05, 0) is 24.6 Å². The van der Waals surface area contributed by atoms with Crippen molar-refractivity contribution in [2.75, 3.05) is 6.61 Å². The molecule has 0 fully saturated rings. The van der Waals surface area contributed by atoms with Gasteiger partial charge in [0.25, 0.3) is 0 Å². The molecule has 0 saturated carbocycles. The van der Waals surface area contributed by atoms with Gasteiger partial charge in [-0.25, -0.2) is 0 Å². The summed E-state index contributed by atoms with van der Waals surface area (Å²) < 4.78 is 40.1. The summed E-state index contributed by atoms with van der Waals surface area (Å²) in [6.07, 6.45) is -5.12. The van der Waals surface area contributed by atoms with Crippen LogP contribution in [-0.2, 0) is 0 Å². The standard InChI is InChI=1S/C10H10ClF3O2/c1-6(15)7-2-3-9(8(11)4-7)16-5-10(12,13)14/h2-4,6,15H,5H2,1H3/t6-/m0/s1. The van der Waals surface area contributed by atoms with Gasteiger partial charge in [-0.2, -0.15) is 13.2 Å². The first-order chi connectivity index (χ1) is 7.29. The van der Waals surface area contributed by atoms with Crippen molar-refractivity contribution < 1.29 is 23.0 Å². The Kier molecular flexibility index (Phi) is 4.04. The molecule has 6 heteroatoms. The van der Waals surface area contributed by atoms with Crippen LogP contribution in [0.25, 0.3) is 0 Å². The molecular formula is C10H10ClF3O2. The van der Waals surface area contributed by atoms with Crippen LogP contribution < -0.4 is 4.74 Å². The largest absolute Gasteiger partial charge is 0.483 e. The molecule has 0 heterocycles. The molecule has 1 rings (SSSR count). The summed E-state index contributed by atoms with van der Waals surface area (Å²) in [6.45, 7) is 0.142. The Morgan fingerprint density at radius 2 is 2.06 bits per heavy atom. The van der Waals surface area contributed by atoms with Crippen LogP contribution in [0, 0.1) is 0 Å². The van der Waals surface area contributed by atoms with Gasteiger partial charge in [0.15, 0.2) is 6.61 Å². The van der Waals surface area contributed by atoms with Crippen molar-refractivity contribution in [3.05, 3.63) is 28.8 Å². The second-order valence-electron chi connectivity index (χ2n) is 3.27. The average Bonchev–Trinajstić information content (AvgIpc) is 2.14. The van der Waals surface area contributed by atoms with Crippen molar-refractivity contribution in [1.82, 2.24) is 0 Å². The number of benzene rings is 1. The lowest BCUT2D eigenvalue weighted by Gasteiger charge is -2.12. The van der Waals surface area contributed by atoms with E-state index in [0.717, 1.165) is 0 Å². The molecule has 16 heavy (non-hydrogen) atoms. The highest BCUT2D eigenvalue weighted by molar-refractivity contribution is 6.32. The van der Waals surface area contributed by atoms with Crippen LogP contribution in [0.4, 0.5) is 13.2 Å². The third-order valence-corrected chi connectivity index (χ3v) is 2.13. The summed E-state index contributed by atoms with van der Waals surface area (Å²) in [6, 6.07) is 4.14. The molecule has 0 bridgehead atoms. The van der Waals surface area contributed by atoms with Crippen LogP contribution >= 0.6 is 11.6 Å². The number of halogens is 4. The van der Waals surface area contributed by atoms with Crippen molar-refractivity contribution >= 4 is 11.6 Å². The molecule has 0 spiro atoms. The summed E-state index contributed by atoms with van der Waals surface area (Å²) in [5.74, 6) is -0.0524. The predicted molar refractivity (Wildman–Crippen MR) is 53.6 cm³/mol. The molecule has 90 valence electrons. The molecule has 0 aromatic heterocycles. The first-order valence-corrected chi connectivity index (χ1v) is 4.84. The fourth-order valence-electron chi connectivity index (χ4n) is 1.05. The van der Waals surface area contributed by atoms with Crippen LogP contribution in [0.3, 0.4) is 0 Å². The molecule has 1 atom stereocenters. The average molecular weight is 255 g/mol. The Morgan fingerprint density at radius 1 is 1.44 bits per heavy atom. The number of aliphatic hydroxyl groups excluding tert-OH is 1. The SMILES string of the molecule is C[C@H](O)c1ccc(OCC(F)(F)F)c(Cl)c1. The Morgan fingerprint density at radius 3 is 2.50 bits per heavy atom. The zero-order valence-electron chi connectivity index (χ0n) is 8.38. The molecular weight excluding hydrogens is 245 g/mol. The summed E-state index contributed by atoms with van der Waals surface area (Å²) in [7, 11) is 0. The van der Waals surface area contributed by atoms with Gasteiger partial charge in [0, 0.05) is 0 Å². The van der Waals surface area contributed by atoms with Gasteiger partial charge in [-0.1, -0.05) is 17.7 Å². The number of hydrogen-bond donors (Lipinski definition) is 1. The normalized spacial score (nSPS) is 13.6. The van der Waals surface area contributed by atoms with E-state index in [0.29, 0.717) is 5.56 Å². The van der Waals surface area contributed by atoms with Crippen molar-refractivity contribution in [2.24, 2.45) is 0 Å². The lowest BCUT2D eigenvalue weighted by atomic mass is 10.1. The predicted octanol–water partition coefficient (Wildman–Crippen LogP) is 3.33. The fourth-order valence-corrected chi connectivity index (χ4v) is 1.30. The maximum absolute atomic E-state index is 11.9. The lowest BCUT2D eigenvalue weighted by molar-refractivity contribution is -0.153. The van der Waals surface area contributed by atoms with Gasteiger partial charge in [0.05, 0.1) is 11.1 Å². The van der Waals surface area contributed by atoms with Gasteiger partial charge in [0.1, 0.15) is 5.75 Å².